The summed E-state index contributed by atoms with van der Waals surface area (Å²) in [4.78, 5) is 4.27. The molecule has 1 aromatic heterocycles. The fourth-order valence-corrected chi connectivity index (χ4v) is 1.16. The number of rotatable bonds is 1. The van der Waals surface area contributed by atoms with Crippen LogP contribution in [0.4, 0.5) is 4.70 Å². The first-order chi connectivity index (χ1) is 5.90. The molecule has 0 aliphatic rings. The number of ether oxygens (including phenoxy) is 1. The molecule has 0 saturated carbocycles. The van der Waals surface area contributed by atoms with Crippen molar-refractivity contribution in [3.05, 3.63) is 36.4 Å². The van der Waals surface area contributed by atoms with Crippen molar-refractivity contribution < 1.29 is 9.44 Å². The molecule has 0 aliphatic carbocycles. The van der Waals surface area contributed by atoms with Gasteiger partial charge in [-0.2, -0.15) is 0 Å². The van der Waals surface area contributed by atoms with Crippen LogP contribution in [0.25, 0.3) is 10.9 Å². The number of fused-ring (bicyclic) bond motifs is 1. The van der Waals surface area contributed by atoms with Gasteiger partial charge in [-0.25, -0.2) is 4.98 Å². The van der Waals surface area contributed by atoms with Gasteiger partial charge in [0.1, 0.15) is 0 Å². The maximum Gasteiger partial charge on any atom is 0.213 e. The van der Waals surface area contributed by atoms with Gasteiger partial charge in [0.2, 0.25) is 5.88 Å². The zero-order chi connectivity index (χ0) is 8.39. The third-order valence-electron chi connectivity index (χ3n) is 1.78. The third kappa shape index (κ3) is 1.75. The average molecular weight is 179 g/mol. The highest BCUT2D eigenvalue weighted by atomic mass is 19.0. The first-order valence-corrected chi connectivity index (χ1v) is 3.80. The lowest BCUT2D eigenvalue weighted by atomic mass is 10.2. The van der Waals surface area contributed by atoms with Crippen LogP contribution in [0.2, 0.25) is 0 Å². The summed E-state index contributed by atoms with van der Waals surface area (Å²) in [6.07, 6.45) is 0. The average Bonchev–Trinajstić information content (AvgIpc) is 2.17. The van der Waals surface area contributed by atoms with Crippen molar-refractivity contribution in [2.75, 3.05) is 7.11 Å². The van der Waals surface area contributed by atoms with Gasteiger partial charge < -0.3 is 4.74 Å². The second kappa shape index (κ2) is 3.85. The van der Waals surface area contributed by atoms with Crippen LogP contribution in [-0.2, 0) is 0 Å². The van der Waals surface area contributed by atoms with Crippen LogP contribution in [0.15, 0.2) is 36.4 Å². The zero-order valence-electron chi connectivity index (χ0n) is 7.23. The molecule has 0 bridgehead atoms. The van der Waals surface area contributed by atoms with E-state index < -0.39 is 0 Å². The first-order valence-electron chi connectivity index (χ1n) is 3.80. The van der Waals surface area contributed by atoms with Gasteiger partial charge >= 0.3 is 0 Å². The van der Waals surface area contributed by atoms with E-state index in [1.165, 1.54) is 0 Å². The Hall–Kier alpha value is -1.64. The van der Waals surface area contributed by atoms with E-state index >= 15 is 0 Å². The second-order valence-electron chi connectivity index (χ2n) is 2.55. The minimum atomic E-state index is 0. The van der Waals surface area contributed by atoms with Crippen LogP contribution in [0.5, 0.6) is 5.88 Å². The molecule has 0 radical (unpaired) electrons. The van der Waals surface area contributed by atoms with Crippen molar-refractivity contribution in [3.8, 4) is 5.88 Å². The molecule has 0 N–H and O–H groups in total. The smallest absolute Gasteiger partial charge is 0.213 e. The Morgan fingerprint density at radius 3 is 2.62 bits per heavy atom. The number of para-hydroxylation sites is 1. The Morgan fingerprint density at radius 1 is 1.08 bits per heavy atom. The highest BCUT2D eigenvalue weighted by Crippen LogP contribution is 2.15. The predicted octanol–water partition coefficient (Wildman–Crippen LogP) is 2.40. The highest BCUT2D eigenvalue weighted by Gasteiger charge is 1.94. The number of pyridine rings is 1. The zero-order valence-corrected chi connectivity index (χ0v) is 7.23. The normalized spacial score (nSPS) is 9.31. The molecule has 68 valence electrons. The van der Waals surface area contributed by atoms with E-state index in [1.54, 1.807) is 7.11 Å². The number of hydrogen-bond acceptors (Lipinski definition) is 2. The van der Waals surface area contributed by atoms with Crippen molar-refractivity contribution in [1.82, 2.24) is 4.98 Å². The summed E-state index contributed by atoms with van der Waals surface area (Å²) in [6, 6.07) is 11.8. The molecule has 1 heterocycles. The van der Waals surface area contributed by atoms with E-state index in [1.807, 2.05) is 36.4 Å². The lowest BCUT2D eigenvalue weighted by Crippen LogP contribution is -1.86. The molecular formula is C10H10FNO. The molecule has 0 aliphatic heterocycles. The van der Waals surface area contributed by atoms with Gasteiger partial charge in [-0.3, -0.25) is 4.70 Å². The minimum absolute atomic E-state index is 0. The molecule has 2 aromatic rings. The van der Waals surface area contributed by atoms with E-state index in [0.29, 0.717) is 5.88 Å². The topological polar surface area (TPSA) is 22.1 Å². The van der Waals surface area contributed by atoms with Gasteiger partial charge in [-0.1, -0.05) is 18.2 Å². The Morgan fingerprint density at radius 2 is 1.85 bits per heavy atom. The predicted molar refractivity (Wildman–Crippen MR) is 50.8 cm³/mol. The van der Waals surface area contributed by atoms with Gasteiger partial charge in [-0.15, -0.1) is 0 Å². The maximum absolute atomic E-state index is 5.01. The molecule has 3 heteroatoms. The van der Waals surface area contributed by atoms with Crippen molar-refractivity contribution in [3.63, 3.8) is 0 Å². The van der Waals surface area contributed by atoms with Crippen LogP contribution < -0.4 is 4.74 Å². The molecule has 0 saturated heterocycles. The van der Waals surface area contributed by atoms with E-state index in [2.05, 4.69) is 4.98 Å². The van der Waals surface area contributed by atoms with Crippen molar-refractivity contribution in [2.24, 2.45) is 0 Å². The third-order valence-corrected chi connectivity index (χ3v) is 1.78. The molecule has 0 atom stereocenters. The fraction of sp³-hybridized carbons (Fsp3) is 0.100. The van der Waals surface area contributed by atoms with E-state index in [4.69, 9.17) is 4.74 Å². The van der Waals surface area contributed by atoms with E-state index in [0.717, 1.165) is 10.9 Å². The van der Waals surface area contributed by atoms with Gasteiger partial charge in [-0.05, 0) is 12.1 Å². The summed E-state index contributed by atoms with van der Waals surface area (Å²) in [7, 11) is 1.62. The van der Waals surface area contributed by atoms with Crippen LogP contribution in [0, 0.1) is 0 Å². The van der Waals surface area contributed by atoms with Crippen molar-refractivity contribution in [1.29, 1.82) is 0 Å². The maximum atomic E-state index is 5.01. The summed E-state index contributed by atoms with van der Waals surface area (Å²) < 4.78 is 5.01. The SMILES string of the molecule is COc1ccc2ccccc2n1.F. The largest absolute Gasteiger partial charge is 0.481 e. The highest BCUT2D eigenvalue weighted by molar-refractivity contribution is 5.78. The van der Waals surface area contributed by atoms with Gasteiger partial charge in [0, 0.05) is 11.5 Å². The minimum Gasteiger partial charge on any atom is -0.481 e. The molecule has 0 unspecified atom stereocenters. The molecule has 1 aromatic carbocycles. The summed E-state index contributed by atoms with van der Waals surface area (Å²) in [5, 5.41) is 1.14. The quantitative estimate of drug-likeness (QED) is 0.670. The summed E-state index contributed by atoms with van der Waals surface area (Å²) in [6.45, 7) is 0. The monoisotopic (exact) mass is 179 g/mol. The standard InChI is InChI=1S/C10H9NO.FH/c1-12-10-7-6-8-4-2-3-5-9(8)11-10;/h2-7H,1H3;1H. The Balaban J connectivity index is 0.000000845. The number of methoxy groups -OCH3 is 1. The molecule has 2 rings (SSSR count). The fourth-order valence-electron chi connectivity index (χ4n) is 1.16. The molecule has 13 heavy (non-hydrogen) atoms. The Bertz CT molecular complexity index is 403. The molecule has 0 spiro atoms. The number of nitrogens with zero attached hydrogens (tertiary/aromatic N) is 1. The Kier molecular flexibility index (Phi) is 2.80. The van der Waals surface area contributed by atoms with Crippen molar-refractivity contribution >= 4 is 10.9 Å². The van der Waals surface area contributed by atoms with Crippen molar-refractivity contribution in [2.45, 2.75) is 0 Å². The van der Waals surface area contributed by atoms with Crippen LogP contribution in [-0.4, -0.2) is 12.1 Å². The number of halogens is 1. The van der Waals surface area contributed by atoms with Crippen LogP contribution in [0.1, 0.15) is 0 Å². The Labute approximate surface area is 75.5 Å². The van der Waals surface area contributed by atoms with Gasteiger partial charge in [0.05, 0.1) is 12.6 Å². The number of hydrogen-bond donors (Lipinski definition) is 0. The van der Waals surface area contributed by atoms with Crippen LogP contribution in [0.3, 0.4) is 0 Å². The summed E-state index contributed by atoms with van der Waals surface area (Å²) in [5.41, 5.74) is 0.969. The molecule has 0 amide bonds. The molecule has 2 nitrogen and oxygen atoms in total. The second-order valence-corrected chi connectivity index (χ2v) is 2.55. The lowest BCUT2D eigenvalue weighted by molar-refractivity contribution is 0.399. The van der Waals surface area contributed by atoms with E-state index in [9.17, 15) is 0 Å². The van der Waals surface area contributed by atoms with E-state index in [-0.39, 0.29) is 4.70 Å². The number of aromatic nitrogens is 1. The summed E-state index contributed by atoms with van der Waals surface area (Å²) >= 11 is 0. The number of benzene rings is 1. The first kappa shape index (κ1) is 9.45. The van der Waals surface area contributed by atoms with Gasteiger partial charge in [0.15, 0.2) is 0 Å². The molecule has 0 fully saturated rings. The van der Waals surface area contributed by atoms with Gasteiger partial charge in [0.25, 0.3) is 0 Å². The van der Waals surface area contributed by atoms with Crippen LogP contribution >= 0.6 is 0 Å². The lowest BCUT2D eigenvalue weighted by Gasteiger charge is -1.99. The summed E-state index contributed by atoms with van der Waals surface area (Å²) in [5.74, 6) is 0.661. The molecular weight excluding hydrogens is 169 g/mol.